The predicted octanol–water partition coefficient (Wildman–Crippen LogP) is 3.61. The second-order valence-corrected chi connectivity index (χ2v) is 7.69. The van der Waals surface area contributed by atoms with Crippen molar-refractivity contribution in [1.82, 2.24) is 15.0 Å². The van der Waals surface area contributed by atoms with Gasteiger partial charge < -0.3 is 4.90 Å². The van der Waals surface area contributed by atoms with E-state index in [-0.39, 0.29) is 12.1 Å². The zero-order chi connectivity index (χ0) is 21.2. The van der Waals surface area contributed by atoms with Crippen LogP contribution in [0, 0.1) is 0 Å². The van der Waals surface area contributed by atoms with Crippen molar-refractivity contribution in [3.63, 3.8) is 0 Å². The van der Waals surface area contributed by atoms with Gasteiger partial charge in [-0.25, -0.2) is 14.8 Å². The van der Waals surface area contributed by atoms with E-state index >= 15 is 0 Å². The van der Waals surface area contributed by atoms with E-state index in [0.717, 1.165) is 48.4 Å². The fraction of sp³-hybridized carbons (Fsp3) is 0.261. The Labute approximate surface area is 180 Å². The Bertz CT molecular complexity index is 1130. The molecule has 0 saturated carbocycles. The Kier molecular flexibility index (Phi) is 5.03. The van der Waals surface area contributed by atoms with Crippen LogP contribution < -0.4 is 15.1 Å². The minimum Gasteiger partial charge on any atom is -0.366 e. The topological polar surface area (TPSA) is 86.6 Å². The van der Waals surface area contributed by atoms with Crippen LogP contribution in [-0.2, 0) is 0 Å². The Morgan fingerprint density at radius 1 is 1.26 bits per heavy atom. The number of amides is 2. The van der Waals surface area contributed by atoms with Crippen molar-refractivity contribution in [1.29, 1.82) is 0 Å². The Morgan fingerprint density at radius 2 is 2.19 bits per heavy atom. The lowest BCUT2D eigenvalue weighted by molar-refractivity contribution is 0.252. The number of nitrogens with one attached hydrogen (secondary N) is 1. The first kappa shape index (κ1) is 19.2. The van der Waals surface area contributed by atoms with Gasteiger partial charge in [0.1, 0.15) is 5.82 Å². The van der Waals surface area contributed by atoms with E-state index in [1.165, 1.54) is 0 Å². The molecule has 5 rings (SSSR count). The third-order valence-corrected chi connectivity index (χ3v) is 5.64. The van der Waals surface area contributed by atoms with Gasteiger partial charge in [0.25, 0.3) is 0 Å². The number of carbonyl (C=O) groups excluding carboxylic acids is 1. The molecule has 1 saturated heterocycles. The molecule has 8 nitrogen and oxygen atoms in total. The van der Waals surface area contributed by atoms with Gasteiger partial charge in [-0.3, -0.25) is 20.2 Å². The number of anilines is 3. The van der Waals surface area contributed by atoms with Gasteiger partial charge in [-0.1, -0.05) is 6.07 Å². The highest BCUT2D eigenvalue weighted by Gasteiger charge is 2.38. The van der Waals surface area contributed by atoms with Gasteiger partial charge in [-0.2, -0.15) is 0 Å². The van der Waals surface area contributed by atoms with E-state index in [0.29, 0.717) is 11.6 Å². The number of hydrogen-bond donors (Lipinski definition) is 1. The van der Waals surface area contributed by atoms with Crippen molar-refractivity contribution in [3.05, 3.63) is 60.6 Å². The second kappa shape index (κ2) is 8.14. The molecule has 2 aliphatic heterocycles. The third-order valence-electron chi connectivity index (χ3n) is 5.64. The van der Waals surface area contributed by atoms with E-state index in [9.17, 15) is 4.79 Å². The summed E-state index contributed by atoms with van der Waals surface area (Å²) in [6.07, 6.45) is 8.96. The van der Waals surface area contributed by atoms with Gasteiger partial charge in [0.15, 0.2) is 5.82 Å². The summed E-state index contributed by atoms with van der Waals surface area (Å²) in [5.74, 6) is 1.20. The molecule has 0 radical (unpaired) electrons. The molecule has 3 aromatic rings. The normalized spacial score (nSPS) is 17.5. The Morgan fingerprint density at radius 3 is 3.03 bits per heavy atom. The van der Waals surface area contributed by atoms with E-state index in [2.05, 4.69) is 31.2 Å². The lowest BCUT2D eigenvalue weighted by Crippen LogP contribution is -2.56. The molecule has 3 aromatic heterocycles. The fourth-order valence-corrected chi connectivity index (χ4v) is 4.27. The highest BCUT2D eigenvalue weighted by molar-refractivity contribution is 6.04. The molecule has 2 amide bonds. The van der Waals surface area contributed by atoms with Gasteiger partial charge in [0.05, 0.1) is 17.4 Å². The summed E-state index contributed by atoms with van der Waals surface area (Å²) in [6.45, 7) is 1.79. The number of rotatable bonds is 3. The van der Waals surface area contributed by atoms with Crippen molar-refractivity contribution in [2.45, 2.75) is 18.9 Å². The molecule has 1 atom stereocenters. The summed E-state index contributed by atoms with van der Waals surface area (Å²) >= 11 is 0. The lowest BCUT2D eigenvalue weighted by atomic mass is 9.99. The Balaban J connectivity index is 1.55. The van der Waals surface area contributed by atoms with Crippen LogP contribution >= 0.6 is 0 Å². The summed E-state index contributed by atoms with van der Waals surface area (Å²) in [5, 5.41) is 2.93. The number of aromatic nitrogens is 3. The number of nitrogens with zero attached hydrogens (tertiary/aromatic N) is 6. The number of fused-ring (bicyclic) bond motifs is 4. The molecule has 5 heterocycles. The van der Waals surface area contributed by atoms with Crippen molar-refractivity contribution in [2.75, 3.05) is 35.3 Å². The summed E-state index contributed by atoms with van der Waals surface area (Å²) in [6, 6.07) is 11.4. The largest absolute Gasteiger partial charge is 0.366 e. The van der Waals surface area contributed by atoms with Crippen molar-refractivity contribution in [3.8, 4) is 11.3 Å². The fourth-order valence-electron chi connectivity index (χ4n) is 4.27. The average molecular weight is 413 g/mol. The van der Waals surface area contributed by atoms with Crippen molar-refractivity contribution in [2.24, 2.45) is 4.99 Å². The van der Waals surface area contributed by atoms with Crippen molar-refractivity contribution >= 4 is 29.6 Å². The number of carbonyl (C=O) groups is 1. The van der Waals surface area contributed by atoms with E-state index in [1.807, 2.05) is 24.3 Å². The number of hydrogen-bond acceptors (Lipinski definition) is 6. The van der Waals surface area contributed by atoms with E-state index < -0.39 is 0 Å². The van der Waals surface area contributed by atoms with Crippen LogP contribution in [0.3, 0.4) is 0 Å². The van der Waals surface area contributed by atoms with Gasteiger partial charge >= 0.3 is 6.03 Å². The number of piperidine rings is 1. The molecule has 0 spiro atoms. The van der Waals surface area contributed by atoms with Crippen LogP contribution in [0.1, 0.15) is 18.4 Å². The molecular formula is C23H23N7O. The first-order valence-electron chi connectivity index (χ1n) is 10.4. The molecule has 31 heavy (non-hydrogen) atoms. The molecule has 0 aromatic carbocycles. The van der Waals surface area contributed by atoms with Crippen LogP contribution in [-0.4, -0.2) is 53.4 Å². The van der Waals surface area contributed by atoms with Crippen LogP contribution in [0.25, 0.3) is 11.3 Å². The van der Waals surface area contributed by atoms with E-state index in [4.69, 9.17) is 4.98 Å². The quantitative estimate of drug-likeness (QED) is 0.663. The maximum absolute atomic E-state index is 13.3. The second-order valence-electron chi connectivity index (χ2n) is 7.69. The number of aliphatic imine (C=N–C) groups is 1. The zero-order valence-electron chi connectivity index (χ0n) is 17.3. The molecule has 0 aliphatic carbocycles. The lowest BCUT2D eigenvalue weighted by Gasteiger charge is -2.45. The van der Waals surface area contributed by atoms with Crippen LogP contribution in [0.5, 0.6) is 0 Å². The van der Waals surface area contributed by atoms with Crippen LogP contribution in [0.4, 0.5) is 22.1 Å². The highest BCUT2D eigenvalue weighted by atomic mass is 16.2. The molecule has 1 fully saturated rings. The molecule has 1 N–H and O–H groups in total. The monoisotopic (exact) mass is 413 g/mol. The van der Waals surface area contributed by atoms with E-state index in [1.54, 1.807) is 42.8 Å². The number of urea groups is 1. The summed E-state index contributed by atoms with van der Waals surface area (Å²) < 4.78 is 0. The highest BCUT2D eigenvalue weighted by Crippen LogP contribution is 2.39. The van der Waals surface area contributed by atoms with Crippen LogP contribution in [0.2, 0.25) is 0 Å². The predicted molar refractivity (Wildman–Crippen MR) is 122 cm³/mol. The van der Waals surface area contributed by atoms with Gasteiger partial charge in [0, 0.05) is 56.1 Å². The first-order valence-corrected chi connectivity index (χ1v) is 10.4. The van der Waals surface area contributed by atoms with Crippen molar-refractivity contribution < 1.29 is 4.79 Å². The van der Waals surface area contributed by atoms with Gasteiger partial charge in [-0.05, 0) is 43.2 Å². The minimum absolute atomic E-state index is 0.0735. The molecule has 2 bridgehead atoms. The Hall–Kier alpha value is -3.81. The summed E-state index contributed by atoms with van der Waals surface area (Å²) in [4.78, 5) is 35.0. The maximum atomic E-state index is 13.3. The molecule has 0 unspecified atom stereocenters. The zero-order valence-corrected chi connectivity index (χ0v) is 17.3. The maximum Gasteiger partial charge on any atom is 0.329 e. The summed E-state index contributed by atoms with van der Waals surface area (Å²) in [7, 11) is 1.73. The van der Waals surface area contributed by atoms with Gasteiger partial charge in [-0.15, -0.1) is 0 Å². The minimum atomic E-state index is -0.207. The third kappa shape index (κ3) is 3.72. The molecule has 156 valence electrons. The SMILES string of the molecule is C/N=C/c1cncc(-c2ccc3c(n2)N(C(=O)Nc2ccccn2)[C@H]2CCCN3C2)c1. The van der Waals surface area contributed by atoms with Gasteiger partial charge in [0.2, 0.25) is 0 Å². The molecule has 2 aliphatic rings. The molecular weight excluding hydrogens is 390 g/mol. The molecule has 8 heteroatoms. The van der Waals surface area contributed by atoms with Crippen LogP contribution in [0.15, 0.2) is 60.0 Å². The standard InChI is InChI=1S/C23H23N7O/c1-24-12-16-11-17(14-25-13-16)19-7-8-20-22(27-19)30(18-5-4-10-29(20)15-18)23(31)28-21-6-2-3-9-26-21/h2-3,6-9,11-14,18H,4-5,10,15H2,1H3,(H,26,28,31)/b24-12+/t18-/m0/s1. The first-order chi connectivity index (χ1) is 15.2. The summed E-state index contributed by atoms with van der Waals surface area (Å²) in [5.41, 5.74) is 3.55. The average Bonchev–Trinajstić information content (AvgIpc) is 2.80. The smallest absolute Gasteiger partial charge is 0.329 e. The number of pyridine rings is 3.